The van der Waals surface area contributed by atoms with Crippen LogP contribution in [0.4, 0.5) is 5.69 Å². The quantitative estimate of drug-likeness (QED) is 0.915. The molecule has 1 fully saturated rings. The maximum Gasteiger partial charge on any atom is 0.242 e. The van der Waals surface area contributed by atoms with Gasteiger partial charge >= 0.3 is 0 Å². The van der Waals surface area contributed by atoms with E-state index in [4.69, 9.17) is 5.73 Å². The van der Waals surface area contributed by atoms with Gasteiger partial charge in [-0.15, -0.1) is 0 Å². The van der Waals surface area contributed by atoms with E-state index in [1.165, 1.54) is 4.31 Å². The SMILES string of the molecule is CC(N)C1CCN(c2ccc(S(=O)(=O)N(C)C)cc2)CC1. The first kappa shape index (κ1) is 16.3. The number of benzene rings is 1. The molecule has 6 heteroatoms. The smallest absolute Gasteiger partial charge is 0.242 e. The Bertz CT molecular complexity index is 559. The topological polar surface area (TPSA) is 66.6 Å². The number of hydrogen-bond donors (Lipinski definition) is 1. The molecule has 5 nitrogen and oxygen atoms in total. The van der Waals surface area contributed by atoms with Crippen LogP contribution >= 0.6 is 0 Å². The molecule has 0 bridgehead atoms. The van der Waals surface area contributed by atoms with Crippen molar-refractivity contribution in [3.63, 3.8) is 0 Å². The summed E-state index contributed by atoms with van der Waals surface area (Å²) in [6.07, 6.45) is 2.19. The third kappa shape index (κ3) is 3.56. The van der Waals surface area contributed by atoms with Gasteiger partial charge in [0, 0.05) is 38.9 Å². The number of nitrogens with two attached hydrogens (primary N) is 1. The van der Waals surface area contributed by atoms with Crippen LogP contribution in [0.2, 0.25) is 0 Å². The van der Waals surface area contributed by atoms with Crippen LogP contribution in [0.3, 0.4) is 0 Å². The Labute approximate surface area is 127 Å². The summed E-state index contributed by atoms with van der Waals surface area (Å²) < 4.78 is 25.3. The van der Waals surface area contributed by atoms with Gasteiger partial charge in [0.25, 0.3) is 0 Å². The Morgan fingerprint density at radius 3 is 2.14 bits per heavy atom. The molecule has 21 heavy (non-hydrogen) atoms. The average Bonchev–Trinajstić information content (AvgIpc) is 2.47. The number of rotatable bonds is 4. The molecule has 118 valence electrons. The van der Waals surface area contributed by atoms with Gasteiger partial charge in [-0.3, -0.25) is 0 Å². The van der Waals surface area contributed by atoms with Crippen LogP contribution < -0.4 is 10.6 Å². The monoisotopic (exact) mass is 311 g/mol. The summed E-state index contributed by atoms with van der Waals surface area (Å²) in [7, 11) is -0.259. The molecule has 2 N–H and O–H groups in total. The minimum atomic E-state index is -3.35. The fourth-order valence-electron chi connectivity index (χ4n) is 2.72. The van der Waals surface area contributed by atoms with Gasteiger partial charge in [-0.25, -0.2) is 12.7 Å². The van der Waals surface area contributed by atoms with E-state index in [0.29, 0.717) is 10.8 Å². The molecule has 1 aliphatic heterocycles. The van der Waals surface area contributed by atoms with Crippen LogP contribution in [0, 0.1) is 5.92 Å². The Hall–Kier alpha value is -1.11. The highest BCUT2D eigenvalue weighted by Gasteiger charge is 2.22. The van der Waals surface area contributed by atoms with E-state index in [2.05, 4.69) is 11.8 Å². The number of nitrogens with zero attached hydrogens (tertiary/aromatic N) is 2. The lowest BCUT2D eigenvalue weighted by Crippen LogP contribution is -2.39. The van der Waals surface area contributed by atoms with Gasteiger partial charge in [0.15, 0.2) is 0 Å². The highest BCUT2D eigenvalue weighted by Crippen LogP contribution is 2.26. The molecule has 0 spiro atoms. The van der Waals surface area contributed by atoms with Gasteiger partial charge in [0.1, 0.15) is 0 Å². The van der Waals surface area contributed by atoms with Gasteiger partial charge in [0.2, 0.25) is 10.0 Å². The van der Waals surface area contributed by atoms with Crippen molar-refractivity contribution < 1.29 is 8.42 Å². The van der Waals surface area contributed by atoms with Gasteiger partial charge in [-0.1, -0.05) is 0 Å². The minimum Gasteiger partial charge on any atom is -0.372 e. The summed E-state index contributed by atoms with van der Waals surface area (Å²) in [5.74, 6) is 0.592. The molecule has 1 aromatic carbocycles. The third-order valence-corrected chi connectivity index (χ3v) is 6.09. The molecule has 1 heterocycles. The molecule has 0 aromatic heterocycles. The van der Waals surface area contributed by atoms with Crippen molar-refractivity contribution in [2.45, 2.75) is 30.7 Å². The molecule has 1 atom stereocenters. The predicted molar refractivity (Wildman–Crippen MR) is 85.9 cm³/mol. The summed E-state index contributed by atoms with van der Waals surface area (Å²) in [4.78, 5) is 2.63. The van der Waals surface area contributed by atoms with Crippen LogP contribution in [0.15, 0.2) is 29.2 Å². The number of hydrogen-bond acceptors (Lipinski definition) is 4. The van der Waals surface area contributed by atoms with Gasteiger partial charge in [-0.05, 0) is 49.9 Å². The van der Waals surface area contributed by atoms with Crippen molar-refractivity contribution in [2.75, 3.05) is 32.1 Å². The highest BCUT2D eigenvalue weighted by atomic mass is 32.2. The Morgan fingerprint density at radius 1 is 1.19 bits per heavy atom. The van der Waals surface area contributed by atoms with E-state index in [1.807, 2.05) is 12.1 Å². The second-order valence-corrected chi connectivity index (χ2v) is 8.12. The fourth-order valence-corrected chi connectivity index (χ4v) is 3.62. The third-order valence-electron chi connectivity index (χ3n) is 4.26. The van der Waals surface area contributed by atoms with E-state index >= 15 is 0 Å². The van der Waals surface area contributed by atoms with Gasteiger partial charge in [-0.2, -0.15) is 0 Å². The van der Waals surface area contributed by atoms with Crippen molar-refractivity contribution in [3.8, 4) is 0 Å². The zero-order valence-electron chi connectivity index (χ0n) is 13.0. The molecule has 1 aromatic rings. The maximum absolute atomic E-state index is 12.0. The predicted octanol–water partition coefficient (Wildman–Crippen LogP) is 1.50. The lowest BCUT2D eigenvalue weighted by molar-refractivity contribution is 0.354. The Kier molecular flexibility index (Phi) is 4.91. The van der Waals surface area contributed by atoms with E-state index in [0.717, 1.165) is 31.6 Å². The molecule has 1 saturated heterocycles. The van der Waals surface area contributed by atoms with Crippen LogP contribution in [0.5, 0.6) is 0 Å². The fraction of sp³-hybridized carbons (Fsp3) is 0.600. The Morgan fingerprint density at radius 2 is 1.71 bits per heavy atom. The van der Waals surface area contributed by atoms with Crippen molar-refractivity contribution in [2.24, 2.45) is 11.7 Å². The summed E-state index contributed by atoms with van der Waals surface area (Å²) in [5, 5.41) is 0. The average molecular weight is 311 g/mol. The number of sulfonamides is 1. The van der Waals surface area contributed by atoms with Crippen molar-refractivity contribution in [1.82, 2.24) is 4.31 Å². The Balaban J connectivity index is 2.07. The first-order valence-electron chi connectivity index (χ1n) is 7.35. The largest absolute Gasteiger partial charge is 0.372 e. The van der Waals surface area contributed by atoms with Crippen LogP contribution in [0.25, 0.3) is 0 Å². The second kappa shape index (κ2) is 6.34. The molecule has 0 amide bonds. The van der Waals surface area contributed by atoms with Crippen LogP contribution in [-0.4, -0.2) is 45.9 Å². The second-order valence-electron chi connectivity index (χ2n) is 5.96. The van der Waals surface area contributed by atoms with Crippen molar-refractivity contribution in [1.29, 1.82) is 0 Å². The number of anilines is 1. The molecule has 1 aliphatic rings. The van der Waals surface area contributed by atoms with Gasteiger partial charge < -0.3 is 10.6 Å². The summed E-state index contributed by atoms with van der Waals surface area (Å²) in [6.45, 7) is 4.03. The van der Waals surface area contributed by atoms with E-state index in [9.17, 15) is 8.42 Å². The number of piperidine rings is 1. The summed E-state index contributed by atoms with van der Waals surface area (Å²) >= 11 is 0. The normalized spacial score (nSPS) is 19.0. The molecular formula is C15H25N3O2S. The van der Waals surface area contributed by atoms with E-state index < -0.39 is 10.0 Å². The van der Waals surface area contributed by atoms with Crippen LogP contribution in [0.1, 0.15) is 19.8 Å². The zero-order chi connectivity index (χ0) is 15.6. The van der Waals surface area contributed by atoms with E-state index in [1.54, 1.807) is 26.2 Å². The minimum absolute atomic E-state index is 0.250. The maximum atomic E-state index is 12.0. The molecule has 0 radical (unpaired) electrons. The first-order valence-corrected chi connectivity index (χ1v) is 8.79. The molecule has 2 rings (SSSR count). The lowest BCUT2D eigenvalue weighted by atomic mass is 9.91. The first-order chi connectivity index (χ1) is 9.82. The summed E-state index contributed by atoms with van der Waals surface area (Å²) in [5.41, 5.74) is 7.04. The highest BCUT2D eigenvalue weighted by molar-refractivity contribution is 7.89. The van der Waals surface area contributed by atoms with Gasteiger partial charge in [0.05, 0.1) is 4.90 Å². The molecule has 1 unspecified atom stereocenters. The van der Waals surface area contributed by atoms with E-state index in [-0.39, 0.29) is 6.04 Å². The lowest BCUT2D eigenvalue weighted by Gasteiger charge is -2.35. The molecular weight excluding hydrogens is 286 g/mol. The zero-order valence-corrected chi connectivity index (χ0v) is 13.8. The molecule has 0 aliphatic carbocycles. The summed E-state index contributed by atoms with van der Waals surface area (Å²) in [6, 6.07) is 7.40. The van der Waals surface area contributed by atoms with Crippen molar-refractivity contribution >= 4 is 15.7 Å². The van der Waals surface area contributed by atoms with Crippen LogP contribution in [-0.2, 0) is 10.0 Å². The van der Waals surface area contributed by atoms with Crippen molar-refractivity contribution in [3.05, 3.63) is 24.3 Å². The molecule has 0 saturated carbocycles. The standard InChI is InChI=1S/C15H25N3O2S/c1-12(16)13-8-10-18(11-9-13)14-4-6-15(7-5-14)21(19,20)17(2)3/h4-7,12-13H,8-11,16H2,1-3H3.